The second-order valence-corrected chi connectivity index (χ2v) is 8.90. The quantitative estimate of drug-likeness (QED) is 0.119. The molecule has 4 aromatic rings. The van der Waals surface area contributed by atoms with Gasteiger partial charge in [0.1, 0.15) is 19.0 Å². The molecule has 0 radical (unpaired) electrons. The Labute approximate surface area is 236 Å². The molecule has 40 heavy (non-hydrogen) atoms. The van der Waals surface area contributed by atoms with Crippen molar-refractivity contribution >= 4 is 29.4 Å². The molecule has 0 spiro atoms. The molecule has 9 nitrogen and oxygen atoms in total. The second kappa shape index (κ2) is 13.8. The highest BCUT2D eigenvalue weighted by molar-refractivity contribution is 6.30. The Morgan fingerprint density at radius 2 is 1.55 bits per heavy atom. The number of rotatable bonds is 12. The number of halogens is 1. The number of carbonyl (C=O) groups excluding carboxylic acids is 1. The molecular formula is C30H26ClN3O6. The number of benzene rings is 4. The molecule has 0 bridgehead atoms. The standard InChI is InChI=1S/C30H26ClN3O6/c1-2-38-29-17-23(10-14-28(29)40-19-21-6-4-3-5-7-21)30(35)33-32-18-24-16-25(31)11-15-27(24)39-20-22-8-12-26(13-9-22)34(36)37/h3-18H,2,19-20H2,1H3,(H,33,35)/b32-18+. The van der Waals surface area contributed by atoms with Crippen LogP contribution in [0.4, 0.5) is 5.69 Å². The monoisotopic (exact) mass is 559 g/mol. The van der Waals surface area contributed by atoms with Gasteiger partial charge in [0.2, 0.25) is 0 Å². The highest BCUT2D eigenvalue weighted by Crippen LogP contribution is 2.29. The molecule has 1 amide bonds. The van der Waals surface area contributed by atoms with E-state index in [1.165, 1.54) is 18.3 Å². The first kappa shape index (κ1) is 28.1. The average Bonchev–Trinajstić information content (AvgIpc) is 2.97. The van der Waals surface area contributed by atoms with Gasteiger partial charge in [0, 0.05) is 28.3 Å². The van der Waals surface area contributed by atoms with Gasteiger partial charge in [-0.05, 0) is 66.6 Å². The Morgan fingerprint density at radius 1 is 0.875 bits per heavy atom. The maximum atomic E-state index is 12.8. The van der Waals surface area contributed by atoms with E-state index in [0.29, 0.717) is 46.6 Å². The van der Waals surface area contributed by atoms with E-state index in [1.807, 2.05) is 37.3 Å². The van der Waals surface area contributed by atoms with Crippen LogP contribution in [0.3, 0.4) is 0 Å². The fraction of sp³-hybridized carbons (Fsp3) is 0.133. The third-order valence-corrected chi connectivity index (χ3v) is 5.86. The van der Waals surface area contributed by atoms with E-state index in [-0.39, 0.29) is 12.3 Å². The summed E-state index contributed by atoms with van der Waals surface area (Å²) in [4.78, 5) is 23.2. The third-order valence-electron chi connectivity index (χ3n) is 5.63. The normalized spacial score (nSPS) is 10.8. The van der Waals surface area contributed by atoms with Crippen molar-refractivity contribution < 1.29 is 23.9 Å². The summed E-state index contributed by atoms with van der Waals surface area (Å²) >= 11 is 6.15. The minimum Gasteiger partial charge on any atom is -0.490 e. The zero-order chi connectivity index (χ0) is 28.3. The van der Waals surface area contributed by atoms with Gasteiger partial charge in [-0.15, -0.1) is 0 Å². The van der Waals surface area contributed by atoms with E-state index in [2.05, 4.69) is 10.5 Å². The van der Waals surface area contributed by atoms with Gasteiger partial charge >= 0.3 is 0 Å². The number of nitro groups is 1. The SMILES string of the molecule is CCOc1cc(C(=O)N/N=C/c2cc(Cl)ccc2OCc2ccc([N+](=O)[O-])cc2)ccc1OCc1ccccc1. The summed E-state index contributed by atoms with van der Waals surface area (Å²) in [6, 6.07) is 25.7. The molecule has 0 unspecified atom stereocenters. The lowest BCUT2D eigenvalue weighted by atomic mass is 10.2. The van der Waals surface area contributed by atoms with E-state index in [0.717, 1.165) is 11.1 Å². The maximum absolute atomic E-state index is 12.8. The molecule has 0 heterocycles. The van der Waals surface area contributed by atoms with Gasteiger partial charge in [-0.25, -0.2) is 5.43 Å². The molecule has 0 aromatic heterocycles. The Bertz CT molecular complexity index is 1490. The molecule has 0 atom stereocenters. The van der Waals surface area contributed by atoms with Crippen LogP contribution >= 0.6 is 11.6 Å². The van der Waals surface area contributed by atoms with E-state index < -0.39 is 10.8 Å². The first-order valence-electron chi connectivity index (χ1n) is 12.4. The summed E-state index contributed by atoms with van der Waals surface area (Å²) in [6.07, 6.45) is 1.43. The molecular weight excluding hydrogens is 534 g/mol. The van der Waals surface area contributed by atoms with Crippen LogP contribution in [-0.2, 0) is 13.2 Å². The number of non-ortho nitro benzene ring substituents is 1. The number of amides is 1. The Hall–Kier alpha value is -4.89. The number of nitro benzene ring substituents is 1. The number of carbonyl (C=O) groups is 1. The van der Waals surface area contributed by atoms with Gasteiger partial charge in [0.15, 0.2) is 11.5 Å². The van der Waals surface area contributed by atoms with Crippen LogP contribution < -0.4 is 19.6 Å². The zero-order valence-corrected chi connectivity index (χ0v) is 22.3. The molecule has 0 aliphatic carbocycles. The van der Waals surface area contributed by atoms with E-state index >= 15 is 0 Å². The van der Waals surface area contributed by atoms with Gasteiger partial charge in [0.05, 0.1) is 17.7 Å². The molecule has 10 heteroatoms. The number of hydrogen-bond donors (Lipinski definition) is 1. The fourth-order valence-corrected chi connectivity index (χ4v) is 3.80. The molecule has 0 saturated heterocycles. The molecule has 1 N–H and O–H groups in total. The molecule has 4 aromatic carbocycles. The van der Waals surface area contributed by atoms with E-state index in [9.17, 15) is 14.9 Å². The largest absolute Gasteiger partial charge is 0.490 e. The Balaban J connectivity index is 1.40. The van der Waals surface area contributed by atoms with Crippen LogP contribution in [0.15, 0.2) is 96.1 Å². The van der Waals surface area contributed by atoms with E-state index in [4.69, 9.17) is 25.8 Å². The van der Waals surface area contributed by atoms with Crippen LogP contribution in [0.5, 0.6) is 17.2 Å². The van der Waals surface area contributed by atoms with Crippen LogP contribution in [0.2, 0.25) is 5.02 Å². The molecule has 0 saturated carbocycles. The van der Waals surface area contributed by atoms with Crippen molar-refractivity contribution in [1.29, 1.82) is 0 Å². The highest BCUT2D eigenvalue weighted by Gasteiger charge is 2.12. The Morgan fingerprint density at radius 3 is 2.25 bits per heavy atom. The second-order valence-electron chi connectivity index (χ2n) is 8.46. The highest BCUT2D eigenvalue weighted by atomic mass is 35.5. The van der Waals surface area contributed by atoms with Crippen molar-refractivity contribution in [2.24, 2.45) is 5.10 Å². The van der Waals surface area contributed by atoms with Crippen molar-refractivity contribution in [1.82, 2.24) is 5.43 Å². The Kier molecular flexibility index (Phi) is 9.68. The number of nitrogens with one attached hydrogen (secondary N) is 1. The number of ether oxygens (including phenoxy) is 3. The van der Waals surface area contributed by atoms with E-state index in [1.54, 1.807) is 48.5 Å². The van der Waals surface area contributed by atoms with Crippen LogP contribution in [-0.4, -0.2) is 23.7 Å². The third kappa shape index (κ3) is 7.81. The number of hydrogen-bond acceptors (Lipinski definition) is 7. The fourth-order valence-electron chi connectivity index (χ4n) is 3.62. The summed E-state index contributed by atoms with van der Waals surface area (Å²) in [5.41, 5.74) is 5.14. The van der Waals surface area contributed by atoms with Crippen LogP contribution in [0.25, 0.3) is 0 Å². The molecule has 0 fully saturated rings. The minimum absolute atomic E-state index is 0.00142. The van der Waals surface area contributed by atoms with Crippen molar-refractivity contribution in [3.63, 3.8) is 0 Å². The van der Waals surface area contributed by atoms with Gasteiger partial charge < -0.3 is 14.2 Å². The van der Waals surface area contributed by atoms with Crippen LogP contribution in [0, 0.1) is 10.1 Å². The lowest BCUT2D eigenvalue weighted by molar-refractivity contribution is -0.384. The van der Waals surface area contributed by atoms with Gasteiger partial charge in [-0.2, -0.15) is 5.10 Å². The maximum Gasteiger partial charge on any atom is 0.271 e. The summed E-state index contributed by atoms with van der Waals surface area (Å²) in [5, 5.41) is 15.4. The van der Waals surface area contributed by atoms with Crippen molar-refractivity contribution in [3.05, 3.63) is 128 Å². The average molecular weight is 560 g/mol. The predicted octanol–water partition coefficient (Wildman–Crippen LogP) is 6.57. The number of hydrazone groups is 1. The van der Waals surface area contributed by atoms with Gasteiger partial charge in [-0.1, -0.05) is 41.9 Å². The zero-order valence-electron chi connectivity index (χ0n) is 21.6. The van der Waals surface area contributed by atoms with Crippen LogP contribution in [0.1, 0.15) is 34.0 Å². The minimum atomic E-state index is -0.460. The van der Waals surface area contributed by atoms with Gasteiger partial charge in [-0.3, -0.25) is 14.9 Å². The molecule has 0 aliphatic heterocycles. The number of nitrogens with zero attached hydrogens (tertiary/aromatic N) is 2. The molecule has 204 valence electrons. The van der Waals surface area contributed by atoms with Crippen molar-refractivity contribution in [2.45, 2.75) is 20.1 Å². The lowest BCUT2D eigenvalue weighted by Gasteiger charge is -2.13. The smallest absolute Gasteiger partial charge is 0.271 e. The summed E-state index contributed by atoms with van der Waals surface area (Å²) in [5.74, 6) is 1.01. The summed E-state index contributed by atoms with van der Waals surface area (Å²) < 4.78 is 17.5. The first-order valence-corrected chi connectivity index (χ1v) is 12.7. The molecule has 0 aliphatic rings. The van der Waals surface area contributed by atoms with Crippen molar-refractivity contribution in [2.75, 3.05) is 6.61 Å². The molecule has 4 rings (SSSR count). The predicted molar refractivity (Wildman–Crippen MR) is 152 cm³/mol. The van der Waals surface area contributed by atoms with Crippen molar-refractivity contribution in [3.8, 4) is 17.2 Å². The van der Waals surface area contributed by atoms with Gasteiger partial charge in [0.25, 0.3) is 11.6 Å². The summed E-state index contributed by atoms with van der Waals surface area (Å²) in [6.45, 7) is 2.79. The topological polar surface area (TPSA) is 112 Å². The first-order chi connectivity index (χ1) is 19.4. The lowest BCUT2D eigenvalue weighted by Crippen LogP contribution is -2.18. The summed E-state index contributed by atoms with van der Waals surface area (Å²) in [7, 11) is 0.